The van der Waals surface area contributed by atoms with E-state index in [1.807, 2.05) is 32.0 Å². The number of carboxylic acids is 1. The molecule has 0 radical (unpaired) electrons. The molecule has 0 bridgehead atoms. The largest absolute Gasteiger partial charge is 0.481 e. The average Bonchev–Trinajstić information content (AvgIpc) is 2.48. The van der Waals surface area contributed by atoms with E-state index in [1.165, 1.54) is 0 Å². The SMILES string of the molecule is CCc1ccc(Nc2ccc(Cl)c(C)c2Cl)c(CC(=O)O)c1. The molecule has 0 saturated heterocycles. The Kier molecular flexibility index (Phi) is 5.33. The minimum atomic E-state index is -0.866. The molecule has 0 heterocycles. The zero-order valence-corrected chi connectivity index (χ0v) is 13.9. The van der Waals surface area contributed by atoms with Gasteiger partial charge in [-0.1, -0.05) is 42.3 Å². The van der Waals surface area contributed by atoms with Crippen molar-refractivity contribution in [2.45, 2.75) is 26.7 Å². The smallest absolute Gasteiger partial charge is 0.307 e. The summed E-state index contributed by atoms with van der Waals surface area (Å²) in [5.74, 6) is -0.866. The number of hydrogen-bond donors (Lipinski definition) is 2. The van der Waals surface area contributed by atoms with Gasteiger partial charge in [0.25, 0.3) is 0 Å². The summed E-state index contributed by atoms with van der Waals surface area (Å²) in [4.78, 5) is 11.1. The summed E-state index contributed by atoms with van der Waals surface area (Å²) >= 11 is 12.3. The number of benzene rings is 2. The van der Waals surface area contributed by atoms with Crippen LogP contribution in [0, 0.1) is 6.92 Å². The van der Waals surface area contributed by atoms with Gasteiger partial charge in [-0.05, 0) is 48.2 Å². The summed E-state index contributed by atoms with van der Waals surface area (Å²) in [6.07, 6.45) is 0.814. The predicted molar refractivity (Wildman–Crippen MR) is 91.6 cm³/mol. The summed E-state index contributed by atoms with van der Waals surface area (Å²) in [6, 6.07) is 9.33. The van der Waals surface area contributed by atoms with E-state index in [1.54, 1.807) is 12.1 Å². The Bertz CT molecular complexity index is 714. The van der Waals surface area contributed by atoms with E-state index in [4.69, 9.17) is 28.3 Å². The first-order valence-corrected chi connectivity index (χ1v) is 7.73. The summed E-state index contributed by atoms with van der Waals surface area (Å²) in [7, 11) is 0. The van der Waals surface area contributed by atoms with Crippen molar-refractivity contribution in [3.05, 3.63) is 57.1 Å². The number of nitrogens with one attached hydrogen (secondary N) is 1. The second kappa shape index (κ2) is 7.03. The van der Waals surface area contributed by atoms with Crippen LogP contribution in [0.3, 0.4) is 0 Å². The van der Waals surface area contributed by atoms with Crippen LogP contribution in [0.2, 0.25) is 10.0 Å². The van der Waals surface area contributed by atoms with E-state index < -0.39 is 5.97 Å². The van der Waals surface area contributed by atoms with Gasteiger partial charge in [-0.25, -0.2) is 0 Å². The third-order valence-corrected chi connectivity index (χ3v) is 4.41. The molecule has 5 heteroatoms. The van der Waals surface area contributed by atoms with Crippen LogP contribution >= 0.6 is 23.2 Å². The molecule has 0 amide bonds. The highest BCUT2D eigenvalue weighted by molar-refractivity contribution is 6.37. The molecule has 2 aromatic carbocycles. The van der Waals surface area contributed by atoms with Crippen LogP contribution in [-0.2, 0) is 17.6 Å². The second-order valence-electron chi connectivity index (χ2n) is 5.07. The first-order valence-electron chi connectivity index (χ1n) is 6.97. The maximum atomic E-state index is 11.1. The Hall–Kier alpha value is -1.71. The standard InChI is InChI=1S/C17H17Cl2NO2/c1-3-11-4-6-14(12(8-11)9-16(21)22)20-15-7-5-13(18)10(2)17(15)19/h4-8,20H,3,9H2,1-2H3,(H,21,22). The first kappa shape index (κ1) is 16.7. The lowest BCUT2D eigenvalue weighted by atomic mass is 10.0. The van der Waals surface area contributed by atoms with Gasteiger partial charge in [-0.3, -0.25) is 4.79 Å². The number of aliphatic carboxylic acids is 1. The van der Waals surface area contributed by atoms with Crippen LogP contribution in [0.1, 0.15) is 23.6 Å². The topological polar surface area (TPSA) is 49.3 Å². The van der Waals surface area contributed by atoms with Crippen molar-refractivity contribution in [2.24, 2.45) is 0 Å². The number of halogens is 2. The Balaban J connectivity index is 2.40. The van der Waals surface area contributed by atoms with Gasteiger partial charge in [-0.15, -0.1) is 0 Å². The third-order valence-electron chi connectivity index (χ3n) is 3.51. The Morgan fingerprint density at radius 2 is 1.86 bits per heavy atom. The highest BCUT2D eigenvalue weighted by Crippen LogP contribution is 2.33. The van der Waals surface area contributed by atoms with Crippen molar-refractivity contribution in [3.63, 3.8) is 0 Å². The van der Waals surface area contributed by atoms with E-state index >= 15 is 0 Å². The van der Waals surface area contributed by atoms with Crippen LogP contribution in [0.4, 0.5) is 11.4 Å². The van der Waals surface area contributed by atoms with E-state index in [0.717, 1.165) is 28.8 Å². The molecule has 0 unspecified atom stereocenters. The Morgan fingerprint density at radius 3 is 2.50 bits per heavy atom. The lowest BCUT2D eigenvalue weighted by Gasteiger charge is -2.15. The number of carbonyl (C=O) groups is 1. The maximum absolute atomic E-state index is 11.1. The lowest BCUT2D eigenvalue weighted by Crippen LogP contribution is -2.05. The molecule has 0 aliphatic heterocycles. The van der Waals surface area contributed by atoms with Crippen molar-refractivity contribution in [1.29, 1.82) is 0 Å². The fraction of sp³-hybridized carbons (Fsp3) is 0.235. The van der Waals surface area contributed by atoms with Gasteiger partial charge in [0, 0.05) is 10.7 Å². The quantitative estimate of drug-likeness (QED) is 0.784. The normalized spacial score (nSPS) is 10.5. The molecule has 0 atom stereocenters. The Morgan fingerprint density at radius 1 is 1.18 bits per heavy atom. The number of rotatable bonds is 5. The highest BCUT2D eigenvalue weighted by atomic mass is 35.5. The molecule has 2 N–H and O–H groups in total. The van der Waals surface area contributed by atoms with E-state index in [2.05, 4.69) is 5.32 Å². The average molecular weight is 338 g/mol. The molecule has 3 nitrogen and oxygen atoms in total. The molecule has 0 fully saturated rings. The zero-order valence-electron chi connectivity index (χ0n) is 12.4. The molecule has 2 rings (SSSR count). The lowest BCUT2D eigenvalue weighted by molar-refractivity contribution is -0.136. The minimum Gasteiger partial charge on any atom is -0.481 e. The minimum absolute atomic E-state index is 0.0413. The molecule has 0 saturated carbocycles. The van der Waals surface area contributed by atoms with Gasteiger partial charge in [0.05, 0.1) is 17.1 Å². The van der Waals surface area contributed by atoms with E-state index in [9.17, 15) is 4.79 Å². The van der Waals surface area contributed by atoms with Crippen LogP contribution in [-0.4, -0.2) is 11.1 Å². The molecule has 2 aromatic rings. The van der Waals surface area contributed by atoms with E-state index in [0.29, 0.717) is 15.7 Å². The van der Waals surface area contributed by atoms with Gasteiger partial charge in [0.1, 0.15) is 0 Å². The van der Waals surface area contributed by atoms with Crippen molar-refractivity contribution in [2.75, 3.05) is 5.32 Å². The monoisotopic (exact) mass is 337 g/mol. The second-order valence-corrected chi connectivity index (χ2v) is 5.86. The zero-order chi connectivity index (χ0) is 16.3. The van der Waals surface area contributed by atoms with Crippen LogP contribution < -0.4 is 5.32 Å². The van der Waals surface area contributed by atoms with Gasteiger partial charge in [-0.2, -0.15) is 0 Å². The number of anilines is 2. The fourth-order valence-electron chi connectivity index (χ4n) is 2.20. The van der Waals surface area contributed by atoms with Crippen molar-refractivity contribution in [1.82, 2.24) is 0 Å². The molecular weight excluding hydrogens is 321 g/mol. The van der Waals surface area contributed by atoms with E-state index in [-0.39, 0.29) is 6.42 Å². The number of carboxylic acid groups (broad SMARTS) is 1. The van der Waals surface area contributed by atoms with Crippen LogP contribution in [0.25, 0.3) is 0 Å². The fourth-order valence-corrected chi connectivity index (χ4v) is 2.62. The van der Waals surface area contributed by atoms with Crippen LogP contribution in [0.5, 0.6) is 0 Å². The molecule has 116 valence electrons. The summed E-state index contributed by atoms with van der Waals surface area (Å²) in [6.45, 7) is 3.88. The third kappa shape index (κ3) is 3.73. The number of aryl methyl sites for hydroxylation is 1. The molecule has 22 heavy (non-hydrogen) atoms. The molecule has 0 aromatic heterocycles. The van der Waals surface area contributed by atoms with Crippen LogP contribution in [0.15, 0.2) is 30.3 Å². The molecule has 0 spiro atoms. The van der Waals surface area contributed by atoms with Gasteiger partial charge in [0.2, 0.25) is 0 Å². The molecule has 0 aliphatic rings. The van der Waals surface area contributed by atoms with Gasteiger partial charge in [0.15, 0.2) is 0 Å². The molecule has 0 aliphatic carbocycles. The van der Waals surface area contributed by atoms with Crippen molar-refractivity contribution < 1.29 is 9.90 Å². The van der Waals surface area contributed by atoms with Gasteiger partial charge >= 0.3 is 5.97 Å². The summed E-state index contributed by atoms with van der Waals surface area (Å²) < 4.78 is 0. The summed E-state index contributed by atoms with van der Waals surface area (Å²) in [5, 5.41) is 13.4. The molecular formula is C17H17Cl2NO2. The first-order chi connectivity index (χ1) is 10.4. The maximum Gasteiger partial charge on any atom is 0.307 e. The van der Waals surface area contributed by atoms with Gasteiger partial charge < -0.3 is 10.4 Å². The predicted octanol–water partition coefficient (Wildman–Crippen LogP) is 5.23. The highest BCUT2D eigenvalue weighted by Gasteiger charge is 2.11. The van der Waals surface area contributed by atoms with Crippen molar-refractivity contribution in [3.8, 4) is 0 Å². The number of hydrogen-bond acceptors (Lipinski definition) is 2. The summed E-state index contributed by atoms with van der Waals surface area (Å²) in [5.41, 5.74) is 4.07. The Labute approximate surface area is 139 Å². The van der Waals surface area contributed by atoms with Crippen molar-refractivity contribution >= 4 is 40.5 Å².